The Hall–Kier alpha value is -1.55. The van der Waals surface area contributed by atoms with Crippen molar-refractivity contribution >= 4 is 6.09 Å². The number of carbonyl (C=O) groups is 1. The first kappa shape index (κ1) is 15.5. The van der Waals surface area contributed by atoms with Gasteiger partial charge in [-0.1, -0.05) is 29.8 Å². The standard InChI is InChI=1S/C15H24N2O2/c1-11-7-6-8-12(9-11)15(5,10-16)17-13(18)19-14(2,3)4/h6-9H,10,16H2,1-5H3,(H,17,18). The average molecular weight is 264 g/mol. The Morgan fingerprint density at radius 2 is 1.95 bits per heavy atom. The SMILES string of the molecule is Cc1cccc(C(C)(CN)NC(=O)OC(C)(C)C)c1. The van der Waals surface area contributed by atoms with Crippen molar-refractivity contribution in [1.29, 1.82) is 0 Å². The molecule has 0 bridgehead atoms. The van der Waals surface area contributed by atoms with E-state index >= 15 is 0 Å². The van der Waals surface area contributed by atoms with Crippen LogP contribution in [0.3, 0.4) is 0 Å². The minimum Gasteiger partial charge on any atom is -0.444 e. The van der Waals surface area contributed by atoms with Crippen LogP contribution in [0.1, 0.15) is 38.8 Å². The molecule has 4 heteroatoms. The van der Waals surface area contributed by atoms with Crippen LogP contribution in [-0.2, 0) is 10.3 Å². The molecule has 106 valence electrons. The normalized spacial score (nSPS) is 14.6. The quantitative estimate of drug-likeness (QED) is 0.882. The van der Waals surface area contributed by atoms with Crippen LogP contribution in [0.25, 0.3) is 0 Å². The Bertz CT molecular complexity index is 452. The van der Waals surface area contributed by atoms with E-state index in [2.05, 4.69) is 5.32 Å². The van der Waals surface area contributed by atoms with Crippen molar-refractivity contribution in [1.82, 2.24) is 5.32 Å². The van der Waals surface area contributed by atoms with Crippen molar-refractivity contribution in [3.8, 4) is 0 Å². The van der Waals surface area contributed by atoms with Crippen LogP contribution in [0, 0.1) is 6.92 Å². The second kappa shape index (κ2) is 5.61. The summed E-state index contributed by atoms with van der Waals surface area (Å²) in [4.78, 5) is 11.9. The second-order valence-electron chi connectivity index (χ2n) is 6.03. The lowest BCUT2D eigenvalue weighted by Crippen LogP contribution is -2.50. The third kappa shape index (κ3) is 4.56. The highest BCUT2D eigenvalue weighted by Crippen LogP contribution is 2.21. The van der Waals surface area contributed by atoms with E-state index in [0.29, 0.717) is 6.54 Å². The number of carbonyl (C=O) groups excluding carboxylic acids is 1. The van der Waals surface area contributed by atoms with Gasteiger partial charge in [-0.3, -0.25) is 0 Å². The smallest absolute Gasteiger partial charge is 0.408 e. The lowest BCUT2D eigenvalue weighted by Gasteiger charge is -2.31. The summed E-state index contributed by atoms with van der Waals surface area (Å²) in [5, 5.41) is 2.86. The Kier molecular flexibility index (Phi) is 4.58. The summed E-state index contributed by atoms with van der Waals surface area (Å²) in [5.41, 5.74) is 6.78. The molecule has 0 aliphatic carbocycles. The van der Waals surface area contributed by atoms with Crippen LogP contribution in [0.15, 0.2) is 24.3 Å². The Balaban J connectivity index is 2.90. The molecular formula is C15H24N2O2. The van der Waals surface area contributed by atoms with E-state index in [1.807, 2.05) is 58.9 Å². The number of benzene rings is 1. The minimum absolute atomic E-state index is 0.301. The predicted octanol–water partition coefficient (Wildman–Crippen LogP) is 2.69. The van der Waals surface area contributed by atoms with Crippen molar-refractivity contribution < 1.29 is 9.53 Å². The number of nitrogens with two attached hydrogens (primary N) is 1. The van der Waals surface area contributed by atoms with E-state index in [9.17, 15) is 4.79 Å². The molecule has 0 radical (unpaired) electrons. The number of alkyl carbamates (subject to hydrolysis) is 1. The van der Waals surface area contributed by atoms with Crippen LogP contribution >= 0.6 is 0 Å². The van der Waals surface area contributed by atoms with Crippen LogP contribution in [0.4, 0.5) is 4.79 Å². The molecule has 1 aromatic carbocycles. The molecule has 0 aromatic heterocycles. The highest BCUT2D eigenvalue weighted by molar-refractivity contribution is 5.69. The molecule has 0 aliphatic rings. The van der Waals surface area contributed by atoms with Gasteiger partial charge in [-0.05, 0) is 40.2 Å². The number of hydrogen-bond acceptors (Lipinski definition) is 3. The number of amides is 1. The van der Waals surface area contributed by atoms with Gasteiger partial charge in [0.1, 0.15) is 5.60 Å². The third-order valence-corrected chi connectivity index (χ3v) is 2.84. The maximum Gasteiger partial charge on any atom is 0.408 e. The van der Waals surface area contributed by atoms with E-state index in [-0.39, 0.29) is 0 Å². The summed E-state index contributed by atoms with van der Waals surface area (Å²) in [6.45, 7) is 9.70. The van der Waals surface area contributed by atoms with Crippen molar-refractivity contribution in [3.63, 3.8) is 0 Å². The van der Waals surface area contributed by atoms with Gasteiger partial charge in [-0.15, -0.1) is 0 Å². The zero-order valence-electron chi connectivity index (χ0n) is 12.4. The molecule has 0 spiro atoms. The monoisotopic (exact) mass is 264 g/mol. The molecule has 3 N–H and O–H groups in total. The van der Waals surface area contributed by atoms with Crippen LogP contribution in [0.2, 0.25) is 0 Å². The van der Waals surface area contributed by atoms with E-state index in [1.54, 1.807) is 0 Å². The number of aryl methyl sites for hydroxylation is 1. The Labute approximate surface area is 115 Å². The van der Waals surface area contributed by atoms with Gasteiger partial charge in [0.15, 0.2) is 0 Å². The summed E-state index contributed by atoms with van der Waals surface area (Å²) < 4.78 is 5.28. The molecule has 0 aliphatic heterocycles. The van der Waals surface area contributed by atoms with Crippen LogP contribution < -0.4 is 11.1 Å². The fourth-order valence-corrected chi connectivity index (χ4v) is 1.76. The first-order chi connectivity index (χ1) is 8.66. The molecule has 1 unspecified atom stereocenters. The molecule has 1 rings (SSSR count). The minimum atomic E-state index is -0.631. The number of nitrogens with one attached hydrogen (secondary N) is 1. The highest BCUT2D eigenvalue weighted by Gasteiger charge is 2.29. The van der Waals surface area contributed by atoms with Gasteiger partial charge < -0.3 is 15.8 Å². The first-order valence-electron chi connectivity index (χ1n) is 6.45. The van der Waals surface area contributed by atoms with Crippen LogP contribution in [-0.4, -0.2) is 18.2 Å². The second-order valence-corrected chi connectivity index (χ2v) is 6.03. The average Bonchev–Trinajstić information content (AvgIpc) is 2.26. The fraction of sp³-hybridized carbons (Fsp3) is 0.533. The van der Waals surface area contributed by atoms with Gasteiger partial charge in [-0.25, -0.2) is 4.79 Å². The van der Waals surface area contributed by atoms with Crippen molar-refractivity contribution in [2.75, 3.05) is 6.54 Å². The van der Waals surface area contributed by atoms with Crippen molar-refractivity contribution in [2.45, 2.75) is 45.8 Å². The maximum atomic E-state index is 11.9. The summed E-state index contributed by atoms with van der Waals surface area (Å²) >= 11 is 0. The molecule has 1 atom stereocenters. The molecule has 4 nitrogen and oxygen atoms in total. The van der Waals surface area contributed by atoms with Gasteiger partial charge >= 0.3 is 6.09 Å². The summed E-state index contributed by atoms with van der Waals surface area (Å²) in [6, 6.07) is 7.94. The van der Waals surface area contributed by atoms with Crippen molar-refractivity contribution in [3.05, 3.63) is 35.4 Å². The zero-order valence-corrected chi connectivity index (χ0v) is 12.4. The molecule has 0 heterocycles. The van der Waals surface area contributed by atoms with E-state index in [1.165, 1.54) is 0 Å². The zero-order chi connectivity index (χ0) is 14.7. The third-order valence-electron chi connectivity index (χ3n) is 2.84. The van der Waals surface area contributed by atoms with Gasteiger partial charge in [0.25, 0.3) is 0 Å². The molecule has 1 aromatic rings. The topological polar surface area (TPSA) is 64.3 Å². The summed E-state index contributed by atoms with van der Waals surface area (Å²) in [5.74, 6) is 0. The lowest BCUT2D eigenvalue weighted by atomic mass is 9.91. The van der Waals surface area contributed by atoms with Gasteiger partial charge in [0.2, 0.25) is 0 Å². The summed E-state index contributed by atoms with van der Waals surface area (Å²) in [7, 11) is 0. The summed E-state index contributed by atoms with van der Waals surface area (Å²) in [6.07, 6.45) is -0.457. The molecule has 1 amide bonds. The maximum absolute atomic E-state index is 11.9. The van der Waals surface area contributed by atoms with E-state index in [4.69, 9.17) is 10.5 Å². The van der Waals surface area contributed by atoms with E-state index < -0.39 is 17.2 Å². The molecular weight excluding hydrogens is 240 g/mol. The van der Waals surface area contributed by atoms with Crippen molar-refractivity contribution in [2.24, 2.45) is 5.73 Å². The Morgan fingerprint density at radius 1 is 1.32 bits per heavy atom. The number of ether oxygens (including phenoxy) is 1. The first-order valence-corrected chi connectivity index (χ1v) is 6.45. The largest absolute Gasteiger partial charge is 0.444 e. The van der Waals surface area contributed by atoms with Gasteiger partial charge in [-0.2, -0.15) is 0 Å². The fourth-order valence-electron chi connectivity index (χ4n) is 1.76. The number of rotatable bonds is 3. The van der Waals surface area contributed by atoms with Gasteiger partial charge in [0.05, 0.1) is 5.54 Å². The predicted molar refractivity (Wildman–Crippen MR) is 77.0 cm³/mol. The van der Waals surface area contributed by atoms with Gasteiger partial charge in [0, 0.05) is 6.54 Å². The molecule has 0 saturated heterocycles. The lowest BCUT2D eigenvalue weighted by molar-refractivity contribution is 0.0465. The molecule has 0 fully saturated rings. The number of hydrogen-bond donors (Lipinski definition) is 2. The van der Waals surface area contributed by atoms with Crippen LogP contribution in [0.5, 0.6) is 0 Å². The molecule has 0 saturated carbocycles. The highest BCUT2D eigenvalue weighted by atomic mass is 16.6. The molecule has 19 heavy (non-hydrogen) atoms. The van der Waals surface area contributed by atoms with E-state index in [0.717, 1.165) is 11.1 Å². The Morgan fingerprint density at radius 3 is 2.42 bits per heavy atom.